The van der Waals surface area contributed by atoms with E-state index >= 15 is 0 Å². The Balaban J connectivity index is 2.00. The second-order valence-corrected chi connectivity index (χ2v) is 5.26. The zero-order valence-electron chi connectivity index (χ0n) is 12.4. The monoisotopic (exact) mass is 276 g/mol. The summed E-state index contributed by atoms with van der Waals surface area (Å²) in [5, 5.41) is 0. The molecule has 0 bridgehead atoms. The summed E-state index contributed by atoms with van der Waals surface area (Å²) in [5.41, 5.74) is 7.66. The van der Waals surface area contributed by atoms with Crippen LogP contribution >= 0.6 is 0 Å². The lowest BCUT2D eigenvalue weighted by molar-refractivity contribution is -0.131. The Kier molecular flexibility index (Phi) is 4.84. The van der Waals surface area contributed by atoms with Gasteiger partial charge in [0.2, 0.25) is 5.91 Å². The topological polar surface area (TPSA) is 52.8 Å². The van der Waals surface area contributed by atoms with Gasteiger partial charge in [0.15, 0.2) is 0 Å². The number of rotatable bonds is 4. The summed E-state index contributed by atoms with van der Waals surface area (Å²) in [7, 11) is 2.09. The first-order valence-corrected chi connectivity index (χ1v) is 7.17. The van der Waals surface area contributed by atoms with Gasteiger partial charge in [-0.2, -0.15) is 0 Å². The highest BCUT2D eigenvalue weighted by atomic mass is 16.2. The number of benzene rings is 1. The maximum Gasteiger partial charge on any atom is 0.242 e. The third-order valence-electron chi connectivity index (χ3n) is 3.84. The van der Waals surface area contributed by atoms with Crippen LogP contribution in [0.25, 0.3) is 0 Å². The van der Waals surface area contributed by atoms with E-state index in [4.69, 9.17) is 5.73 Å². The molecule has 1 aliphatic heterocycles. The second-order valence-electron chi connectivity index (χ2n) is 5.26. The van der Waals surface area contributed by atoms with Crippen molar-refractivity contribution in [2.45, 2.75) is 6.92 Å². The molecule has 1 aromatic rings. The zero-order chi connectivity index (χ0) is 14.5. The molecule has 1 amide bonds. The Bertz CT molecular complexity index is 455. The predicted molar refractivity (Wildman–Crippen MR) is 82.8 cm³/mol. The summed E-state index contributed by atoms with van der Waals surface area (Å²) >= 11 is 0. The number of piperazine rings is 1. The largest absolute Gasteiger partial charge is 0.397 e. The van der Waals surface area contributed by atoms with Crippen molar-refractivity contribution in [3.63, 3.8) is 0 Å². The van der Waals surface area contributed by atoms with E-state index in [-0.39, 0.29) is 5.91 Å². The highest BCUT2D eigenvalue weighted by molar-refractivity contribution is 5.83. The van der Waals surface area contributed by atoms with Gasteiger partial charge >= 0.3 is 0 Å². The quantitative estimate of drug-likeness (QED) is 0.829. The van der Waals surface area contributed by atoms with Crippen LogP contribution < -0.4 is 10.6 Å². The molecule has 5 nitrogen and oxygen atoms in total. The van der Waals surface area contributed by atoms with Crippen molar-refractivity contribution in [3.05, 3.63) is 24.3 Å². The molecule has 1 saturated heterocycles. The van der Waals surface area contributed by atoms with Gasteiger partial charge in [-0.15, -0.1) is 0 Å². The smallest absolute Gasteiger partial charge is 0.242 e. The van der Waals surface area contributed by atoms with Crippen LogP contribution in [0.15, 0.2) is 24.3 Å². The number of likely N-dealkylation sites (N-methyl/N-ethyl adjacent to an activating group) is 2. The van der Waals surface area contributed by atoms with E-state index in [1.807, 2.05) is 41.0 Å². The van der Waals surface area contributed by atoms with Crippen molar-refractivity contribution in [1.29, 1.82) is 0 Å². The fraction of sp³-hybridized carbons (Fsp3) is 0.533. The Hall–Kier alpha value is -1.75. The molecule has 0 aliphatic carbocycles. The highest BCUT2D eigenvalue weighted by Gasteiger charge is 2.21. The molecule has 20 heavy (non-hydrogen) atoms. The van der Waals surface area contributed by atoms with Gasteiger partial charge < -0.3 is 20.4 Å². The number of hydrogen-bond donors (Lipinski definition) is 1. The number of hydrogen-bond acceptors (Lipinski definition) is 4. The van der Waals surface area contributed by atoms with Crippen LogP contribution in [0.2, 0.25) is 0 Å². The van der Waals surface area contributed by atoms with Crippen molar-refractivity contribution in [2.24, 2.45) is 0 Å². The van der Waals surface area contributed by atoms with Crippen molar-refractivity contribution in [3.8, 4) is 0 Å². The molecule has 0 aromatic heterocycles. The Labute approximate surface area is 120 Å². The molecule has 2 rings (SSSR count). The molecule has 1 fully saturated rings. The second kappa shape index (κ2) is 6.61. The van der Waals surface area contributed by atoms with Crippen LogP contribution in [0.1, 0.15) is 6.92 Å². The van der Waals surface area contributed by atoms with Crippen LogP contribution in [0.4, 0.5) is 11.4 Å². The van der Waals surface area contributed by atoms with E-state index in [9.17, 15) is 4.79 Å². The van der Waals surface area contributed by atoms with Crippen LogP contribution in [0, 0.1) is 0 Å². The minimum absolute atomic E-state index is 0.184. The third-order valence-corrected chi connectivity index (χ3v) is 3.84. The maximum atomic E-state index is 12.4. The summed E-state index contributed by atoms with van der Waals surface area (Å²) in [6.45, 7) is 6.75. The predicted octanol–water partition coefficient (Wildman–Crippen LogP) is 0.869. The molecular weight excluding hydrogens is 252 g/mol. The number of nitrogens with two attached hydrogens (primary N) is 1. The Morgan fingerprint density at radius 2 is 1.90 bits per heavy atom. The average molecular weight is 276 g/mol. The van der Waals surface area contributed by atoms with Crippen molar-refractivity contribution in [1.82, 2.24) is 9.80 Å². The standard InChI is InChI=1S/C15H24N4O/c1-3-18(14-7-5-4-6-13(14)16)12-15(20)19-10-8-17(2)9-11-19/h4-7H,3,8-12,16H2,1-2H3. The fourth-order valence-electron chi connectivity index (χ4n) is 2.46. The van der Waals surface area contributed by atoms with Crippen molar-refractivity contribution >= 4 is 17.3 Å². The van der Waals surface area contributed by atoms with E-state index < -0.39 is 0 Å². The lowest BCUT2D eigenvalue weighted by Crippen LogP contribution is -2.50. The van der Waals surface area contributed by atoms with Crippen LogP contribution in [0.3, 0.4) is 0 Å². The number of amides is 1. The van der Waals surface area contributed by atoms with Gasteiger partial charge in [-0.25, -0.2) is 0 Å². The number of para-hydroxylation sites is 2. The first kappa shape index (κ1) is 14.7. The first-order valence-electron chi connectivity index (χ1n) is 7.17. The zero-order valence-corrected chi connectivity index (χ0v) is 12.4. The SMILES string of the molecule is CCN(CC(=O)N1CCN(C)CC1)c1ccccc1N. The Morgan fingerprint density at radius 1 is 1.25 bits per heavy atom. The molecule has 0 atom stereocenters. The molecule has 110 valence electrons. The normalized spacial score (nSPS) is 16.2. The van der Waals surface area contributed by atoms with Gasteiger partial charge in [-0.05, 0) is 26.1 Å². The third kappa shape index (κ3) is 3.42. The van der Waals surface area contributed by atoms with E-state index in [1.54, 1.807) is 0 Å². The van der Waals surface area contributed by atoms with Crippen LogP contribution in [-0.4, -0.2) is 62.0 Å². The molecule has 1 aromatic carbocycles. The molecule has 0 spiro atoms. The van der Waals surface area contributed by atoms with Gasteiger partial charge in [-0.3, -0.25) is 4.79 Å². The van der Waals surface area contributed by atoms with Crippen molar-refractivity contribution in [2.75, 3.05) is 56.9 Å². The van der Waals surface area contributed by atoms with E-state index in [2.05, 4.69) is 11.9 Å². The minimum Gasteiger partial charge on any atom is -0.397 e. The van der Waals surface area contributed by atoms with Gasteiger partial charge in [0.05, 0.1) is 17.9 Å². The number of anilines is 2. The van der Waals surface area contributed by atoms with Crippen LogP contribution in [-0.2, 0) is 4.79 Å². The first-order chi connectivity index (χ1) is 9.61. The average Bonchev–Trinajstić information content (AvgIpc) is 2.46. The van der Waals surface area contributed by atoms with Crippen molar-refractivity contribution < 1.29 is 4.79 Å². The lowest BCUT2D eigenvalue weighted by atomic mass is 10.2. The van der Waals surface area contributed by atoms with E-state index in [0.29, 0.717) is 6.54 Å². The molecule has 1 aliphatic rings. The molecule has 5 heteroatoms. The molecule has 1 heterocycles. The van der Waals surface area contributed by atoms with E-state index in [1.165, 1.54) is 0 Å². The van der Waals surface area contributed by atoms with Gasteiger partial charge in [0.1, 0.15) is 0 Å². The molecule has 0 unspecified atom stereocenters. The lowest BCUT2D eigenvalue weighted by Gasteiger charge is -2.34. The summed E-state index contributed by atoms with van der Waals surface area (Å²) in [5.74, 6) is 0.184. The molecule has 0 radical (unpaired) electrons. The van der Waals surface area contributed by atoms with Gasteiger partial charge in [-0.1, -0.05) is 12.1 Å². The molecular formula is C15H24N4O. The Morgan fingerprint density at radius 3 is 2.50 bits per heavy atom. The fourth-order valence-corrected chi connectivity index (χ4v) is 2.46. The summed E-state index contributed by atoms with van der Waals surface area (Å²) < 4.78 is 0. The summed E-state index contributed by atoms with van der Waals surface area (Å²) in [6, 6.07) is 7.71. The number of carbonyl (C=O) groups is 1. The number of carbonyl (C=O) groups excluding carboxylic acids is 1. The molecule has 2 N–H and O–H groups in total. The highest BCUT2D eigenvalue weighted by Crippen LogP contribution is 2.22. The summed E-state index contributed by atoms with van der Waals surface area (Å²) in [6.07, 6.45) is 0. The maximum absolute atomic E-state index is 12.4. The molecule has 0 saturated carbocycles. The van der Waals surface area contributed by atoms with Gasteiger partial charge in [0, 0.05) is 32.7 Å². The summed E-state index contributed by atoms with van der Waals surface area (Å²) in [4.78, 5) is 18.6. The number of nitrogen functional groups attached to an aromatic ring is 1. The minimum atomic E-state index is 0.184. The van der Waals surface area contributed by atoms with E-state index in [0.717, 1.165) is 44.1 Å². The van der Waals surface area contributed by atoms with Gasteiger partial charge in [0.25, 0.3) is 0 Å². The number of nitrogens with zero attached hydrogens (tertiary/aromatic N) is 3. The van der Waals surface area contributed by atoms with Crippen LogP contribution in [0.5, 0.6) is 0 Å².